The summed E-state index contributed by atoms with van der Waals surface area (Å²) in [6.07, 6.45) is -8.35. The van der Waals surface area contributed by atoms with Gasteiger partial charge in [-0.25, -0.2) is 4.79 Å². The van der Waals surface area contributed by atoms with E-state index in [9.17, 15) is 132 Å². The first-order chi connectivity index (χ1) is 32.2. The van der Waals surface area contributed by atoms with Crippen LogP contribution in [0.4, 0.5) is 0 Å². The lowest BCUT2D eigenvalue weighted by Crippen LogP contribution is -2.62. The van der Waals surface area contributed by atoms with E-state index in [1.54, 1.807) is 21.3 Å². The fourth-order valence-corrected chi connectivity index (χ4v) is 7.24. The Morgan fingerprint density at radius 3 is 0.761 bits per heavy atom. The largest absolute Gasteiger partial charge is 0.481 e. The fraction of sp³-hybridized carbons (Fsp3) is 0.548. The molecular weight excluding hydrogens is 1050 g/mol. The van der Waals surface area contributed by atoms with Gasteiger partial charge in [0, 0.05) is 6.42 Å². The molecule has 71 heavy (non-hydrogen) atoms. The topological polar surface area (TPSA) is 628 Å². The van der Waals surface area contributed by atoms with E-state index < -0.39 is 217 Å². The second kappa shape index (κ2) is 27.5. The van der Waals surface area contributed by atoms with Gasteiger partial charge in [-0.15, -0.1) is 0 Å². The molecule has 0 aliphatic carbocycles. The maximum atomic E-state index is 13.4. The van der Waals surface area contributed by atoms with E-state index in [2.05, 4.69) is 0 Å². The Bertz CT molecular complexity index is 2480. The van der Waals surface area contributed by atoms with Crippen LogP contribution < -0.4 is 37.2 Å². The van der Waals surface area contributed by atoms with Crippen LogP contribution in [0.5, 0.6) is 0 Å². The van der Waals surface area contributed by atoms with E-state index in [0.29, 0.717) is 0 Å². The zero-order valence-corrected chi connectivity index (χ0v) is 37.8. The molecule has 0 aliphatic heterocycles. The monoisotopic (exact) mass is 1090 g/mol. The van der Waals surface area contributed by atoms with Gasteiger partial charge in [-0.2, -0.15) is 25.3 Å². The Morgan fingerprint density at radius 1 is 0.296 bits per heavy atom. The van der Waals surface area contributed by atoms with Crippen molar-refractivity contribution in [2.45, 2.75) is 80.8 Å². The van der Waals surface area contributed by atoms with Crippen molar-refractivity contribution in [3.63, 3.8) is 0 Å². The Hall–Kier alpha value is -7.69. The molecule has 40 heteroatoms. The van der Waals surface area contributed by atoms with Crippen molar-refractivity contribution >= 4 is 113 Å². The molecule has 0 spiro atoms. The summed E-state index contributed by atoms with van der Waals surface area (Å²) >= 11 is 0. The predicted molar refractivity (Wildman–Crippen MR) is 217 cm³/mol. The number of carbonyl (C=O) groups is 14. The fourth-order valence-electron chi connectivity index (χ4n) is 5.28. The molecule has 0 heterocycles. The summed E-state index contributed by atoms with van der Waals surface area (Å²) in [4.78, 5) is 172. The Morgan fingerprint density at radius 2 is 0.521 bits per heavy atom. The third kappa shape index (κ3) is 27.2. The second-order valence-electron chi connectivity index (χ2n) is 14.3. The first-order valence-corrected chi connectivity index (χ1v) is 23.5. The molecular formula is C31H43N7O30S3. The van der Waals surface area contributed by atoms with Crippen LogP contribution in [0, 0.1) is 5.92 Å². The molecule has 8 atom stereocenters. The number of carboxylic acids is 7. The smallest absolute Gasteiger partial charge is 0.327 e. The van der Waals surface area contributed by atoms with Crippen molar-refractivity contribution in [1.82, 2.24) is 37.2 Å². The highest BCUT2D eigenvalue weighted by Crippen LogP contribution is 2.11. The van der Waals surface area contributed by atoms with Crippen LogP contribution in [0.15, 0.2) is 0 Å². The van der Waals surface area contributed by atoms with Crippen LogP contribution in [0.2, 0.25) is 0 Å². The molecule has 1 unspecified atom stereocenters. The first-order valence-electron chi connectivity index (χ1n) is 18.7. The van der Waals surface area contributed by atoms with E-state index in [-0.39, 0.29) is 0 Å². The van der Waals surface area contributed by atoms with E-state index in [1.165, 1.54) is 16.0 Å². The summed E-state index contributed by atoms with van der Waals surface area (Å²) in [5.74, 6) is -34.1. The van der Waals surface area contributed by atoms with Crippen LogP contribution in [0.3, 0.4) is 0 Å². The highest BCUT2D eigenvalue weighted by Gasteiger charge is 2.39. The predicted octanol–water partition coefficient (Wildman–Crippen LogP) is -9.41. The van der Waals surface area contributed by atoms with Gasteiger partial charge in [0.05, 0.1) is 38.0 Å². The van der Waals surface area contributed by atoms with Gasteiger partial charge < -0.3 is 73.0 Å². The van der Waals surface area contributed by atoms with Crippen LogP contribution >= 0.6 is 0 Å². The van der Waals surface area contributed by atoms with Crippen molar-refractivity contribution < 1.29 is 142 Å². The maximum absolute atomic E-state index is 13.4. The zero-order valence-electron chi connectivity index (χ0n) is 35.3. The lowest BCUT2D eigenvalue weighted by atomic mass is 10.0. The van der Waals surface area contributed by atoms with Gasteiger partial charge in [0.2, 0.25) is 41.4 Å². The average Bonchev–Trinajstić information content (AvgIpc) is 3.16. The van der Waals surface area contributed by atoms with Crippen molar-refractivity contribution in [2.24, 2.45) is 5.92 Å². The minimum Gasteiger partial charge on any atom is -0.481 e. The van der Waals surface area contributed by atoms with Crippen LogP contribution in [-0.2, 0) is 97.5 Å². The van der Waals surface area contributed by atoms with Crippen molar-refractivity contribution in [3.05, 3.63) is 0 Å². The number of aliphatic carboxylic acids is 7. The molecule has 0 fully saturated rings. The van der Waals surface area contributed by atoms with E-state index in [0.717, 1.165) is 0 Å². The quantitative estimate of drug-likeness (QED) is 0.0271. The van der Waals surface area contributed by atoms with Crippen molar-refractivity contribution in [1.29, 1.82) is 0 Å². The third-order valence-corrected chi connectivity index (χ3v) is 10.5. The first kappa shape index (κ1) is 63.3. The third-order valence-electron chi connectivity index (χ3n) is 8.28. The summed E-state index contributed by atoms with van der Waals surface area (Å²) < 4.78 is 97.0. The molecule has 400 valence electrons. The summed E-state index contributed by atoms with van der Waals surface area (Å²) in [7, 11) is -16.2. The molecule has 0 aromatic heterocycles. The lowest BCUT2D eigenvalue weighted by molar-refractivity contribution is -0.150. The second-order valence-corrected chi connectivity index (χ2v) is 18.8. The number of hydrogen-bond donors (Lipinski definition) is 17. The van der Waals surface area contributed by atoms with Gasteiger partial charge in [-0.3, -0.25) is 76.0 Å². The van der Waals surface area contributed by atoms with E-state index in [4.69, 9.17) is 9.66 Å². The molecule has 0 aromatic carbocycles. The molecule has 17 N–H and O–H groups in total. The molecule has 0 rings (SSSR count). The summed E-state index contributed by atoms with van der Waals surface area (Å²) in [6, 6.07) is -18.1. The number of nitrogens with one attached hydrogen (secondary N) is 7. The SMILES string of the molecule is O=C(O)CC(CC(=O)N[C@H](CC(=O)O)C(=O)N[C@H](CC(=O)O)C(=O)N[C@H](CC(=O)O)C(=O)N[C@H](CC(=O)O)C(=O)N[C@H](CS(=O)(=O)O)C(=O)N[C@H](CS(=O)(=O)O)C(=O)N[C@H](CS(=O)(=O)O)C(=O)O)C(=O)O. The number of amides is 7. The number of carbonyl (C=O) groups excluding carboxylic acids is 7. The van der Waals surface area contributed by atoms with Crippen molar-refractivity contribution in [3.8, 4) is 0 Å². The Labute approximate surface area is 395 Å². The van der Waals surface area contributed by atoms with Crippen LogP contribution in [0.25, 0.3) is 0 Å². The van der Waals surface area contributed by atoms with Gasteiger partial charge in [-0.05, 0) is 0 Å². The summed E-state index contributed by atoms with van der Waals surface area (Å²) in [6.45, 7) is 0. The van der Waals surface area contributed by atoms with Gasteiger partial charge in [0.15, 0.2) is 0 Å². The Kier molecular flexibility index (Phi) is 24.5. The minimum atomic E-state index is -5.52. The normalized spacial score (nSPS) is 14.9. The highest BCUT2D eigenvalue weighted by molar-refractivity contribution is 7.86. The highest BCUT2D eigenvalue weighted by atomic mass is 32.2. The summed E-state index contributed by atoms with van der Waals surface area (Å²) in [5.41, 5.74) is 0. The summed E-state index contributed by atoms with van der Waals surface area (Å²) in [5, 5.41) is 75.6. The minimum absolute atomic E-state index is 1.13. The van der Waals surface area contributed by atoms with Crippen LogP contribution in [-0.4, -0.2) is 217 Å². The van der Waals surface area contributed by atoms with E-state index in [1.807, 2.05) is 0 Å². The van der Waals surface area contributed by atoms with E-state index >= 15 is 0 Å². The molecule has 0 aliphatic rings. The lowest BCUT2D eigenvalue weighted by Gasteiger charge is -2.26. The van der Waals surface area contributed by atoms with Gasteiger partial charge >= 0.3 is 41.8 Å². The number of rotatable bonds is 33. The van der Waals surface area contributed by atoms with Gasteiger partial charge in [0.1, 0.15) is 59.6 Å². The van der Waals surface area contributed by atoms with Gasteiger partial charge in [-0.1, -0.05) is 0 Å². The molecule has 0 saturated heterocycles. The average molecular weight is 1090 g/mol. The van der Waals surface area contributed by atoms with Crippen molar-refractivity contribution in [2.75, 3.05) is 17.3 Å². The standard InChI is InChI=1S/C31H43N7O30S3/c39-18(1-10(30(56)57)2-19(40)41)32-11(3-20(42)43)24(50)33-12(4-21(44)45)25(51)34-13(5-22(46)47)26(52)35-14(6-23(48)49)27(53)36-15(7-69(60,61)62)28(54)37-16(8-70(63,64)65)29(55)38-17(31(58)59)9-71(66,67)68/h10-17H,1-9H2,(H,32,39)(H,33,50)(H,34,51)(H,35,52)(H,36,53)(H,37,54)(H,38,55)(H,40,41)(H,42,43)(H,44,45)(H,46,47)(H,48,49)(H,56,57)(H,58,59)(H,60,61,62)(H,63,64,65)(H,66,67,68)/t10?,11-,12-,13-,14-,15-,16-,17-/m1/s1. The molecule has 0 aromatic rings. The number of hydrogen-bond acceptors (Lipinski definition) is 20. The Balaban J connectivity index is 6.83. The van der Waals surface area contributed by atoms with Gasteiger partial charge in [0.25, 0.3) is 30.4 Å². The molecule has 0 radical (unpaired) electrons. The molecule has 37 nitrogen and oxygen atoms in total. The molecule has 0 saturated carbocycles. The van der Waals surface area contributed by atoms with Crippen LogP contribution in [0.1, 0.15) is 38.5 Å². The molecule has 7 amide bonds. The molecule has 0 bridgehead atoms. The maximum Gasteiger partial charge on any atom is 0.327 e. The zero-order chi connectivity index (χ0) is 55.5. The number of carboxylic acid groups (broad SMARTS) is 7.